The maximum Gasteiger partial charge on any atom is 0.407 e. The molecule has 37 heavy (non-hydrogen) atoms. The van der Waals surface area contributed by atoms with Crippen molar-refractivity contribution in [3.8, 4) is 17.6 Å². The molecule has 0 saturated heterocycles. The van der Waals surface area contributed by atoms with Gasteiger partial charge in [-0.15, -0.1) is 0 Å². The number of rotatable bonds is 9. The highest BCUT2D eigenvalue weighted by Crippen LogP contribution is 2.47. The molecule has 0 aromatic heterocycles. The fraction of sp³-hybridized carbons (Fsp3) is 0.333. The molecule has 192 valence electrons. The molecule has 1 saturated carbocycles. The van der Waals surface area contributed by atoms with Crippen LogP contribution in [-0.4, -0.2) is 32.5 Å². The van der Waals surface area contributed by atoms with E-state index < -0.39 is 11.5 Å². The highest BCUT2D eigenvalue weighted by atomic mass is 19.1. The smallest absolute Gasteiger partial charge is 0.407 e. The molecule has 0 radical (unpaired) electrons. The zero-order valence-electron chi connectivity index (χ0n) is 21.1. The molecule has 6 nitrogen and oxygen atoms in total. The molecule has 3 aromatic rings. The number of hydrogen-bond acceptors (Lipinski definition) is 5. The number of nitrogens with zero attached hydrogens (tertiary/aromatic N) is 1. The zero-order chi connectivity index (χ0) is 26.3. The number of ether oxygens (including phenoxy) is 3. The van der Waals surface area contributed by atoms with Gasteiger partial charge in [0.2, 0.25) is 0 Å². The monoisotopic (exact) mass is 502 g/mol. The summed E-state index contributed by atoms with van der Waals surface area (Å²) in [5.74, 6) is 1.14. The summed E-state index contributed by atoms with van der Waals surface area (Å²) in [6.45, 7) is 2.83. The second-order valence-electron chi connectivity index (χ2n) is 9.35. The van der Waals surface area contributed by atoms with Gasteiger partial charge in [-0.2, -0.15) is 5.26 Å². The summed E-state index contributed by atoms with van der Waals surface area (Å²) in [6, 6.07) is 23.5. The van der Waals surface area contributed by atoms with Crippen LogP contribution in [0.3, 0.4) is 0 Å². The molecule has 1 aliphatic rings. The lowest BCUT2D eigenvalue weighted by atomic mass is 9.65. The Morgan fingerprint density at radius 1 is 1.00 bits per heavy atom. The van der Waals surface area contributed by atoms with Crippen molar-refractivity contribution in [2.45, 2.75) is 37.6 Å². The molecule has 1 aliphatic carbocycles. The Hall–Kier alpha value is -4.05. The Balaban J connectivity index is 1.49. The van der Waals surface area contributed by atoms with Crippen molar-refractivity contribution in [2.75, 3.05) is 20.3 Å². The van der Waals surface area contributed by atoms with E-state index in [1.54, 1.807) is 36.4 Å². The largest absolute Gasteiger partial charge is 0.490 e. The van der Waals surface area contributed by atoms with Gasteiger partial charge in [-0.25, -0.2) is 9.18 Å². The fourth-order valence-electron chi connectivity index (χ4n) is 5.28. The van der Waals surface area contributed by atoms with Crippen LogP contribution in [-0.2, 0) is 10.2 Å². The summed E-state index contributed by atoms with van der Waals surface area (Å²) in [7, 11) is 1.36. The Morgan fingerprint density at radius 3 is 2.24 bits per heavy atom. The lowest BCUT2D eigenvalue weighted by molar-refractivity contribution is 0.159. The highest BCUT2D eigenvalue weighted by molar-refractivity contribution is 5.67. The minimum Gasteiger partial charge on any atom is -0.490 e. The predicted molar refractivity (Wildman–Crippen MR) is 138 cm³/mol. The van der Waals surface area contributed by atoms with E-state index in [-0.39, 0.29) is 17.8 Å². The van der Waals surface area contributed by atoms with Gasteiger partial charge < -0.3 is 19.5 Å². The quantitative estimate of drug-likeness (QED) is 0.364. The van der Waals surface area contributed by atoms with Gasteiger partial charge in [0.25, 0.3) is 0 Å². The van der Waals surface area contributed by atoms with E-state index in [2.05, 4.69) is 18.3 Å². The van der Waals surface area contributed by atoms with E-state index in [9.17, 15) is 9.18 Å². The first kappa shape index (κ1) is 26.0. The molecule has 1 unspecified atom stereocenters. The predicted octanol–water partition coefficient (Wildman–Crippen LogP) is 5.99. The van der Waals surface area contributed by atoms with Crippen LogP contribution < -0.4 is 14.8 Å². The van der Waals surface area contributed by atoms with Gasteiger partial charge in [0.15, 0.2) is 0 Å². The lowest BCUT2D eigenvalue weighted by Gasteiger charge is -2.40. The molecule has 3 aromatic carbocycles. The number of amides is 1. The molecule has 1 N–H and O–H groups in total. The van der Waals surface area contributed by atoms with Crippen molar-refractivity contribution in [2.24, 2.45) is 5.92 Å². The zero-order valence-corrected chi connectivity index (χ0v) is 21.1. The summed E-state index contributed by atoms with van der Waals surface area (Å²) in [4.78, 5) is 12.0. The van der Waals surface area contributed by atoms with Crippen LogP contribution in [0.15, 0.2) is 72.8 Å². The third-order valence-electron chi connectivity index (χ3n) is 7.23. The Morgan fingerprint density at radius 2 is 1.65 bits per heavy atom. The van der Waals surface area contributed by atoms with E-state index in [1.807, 2.05) is 30.3 Å². The van der Waals surface area contributed by atoms with Crippen LogP contribution in [0, 0.1) is 23.1 Å². The lowest BCUT2D eigenvalue weighted by Crippen LogP contribution is -2.46. The molecular weight excluding hydrogens is 471 g/mol. The maximum atomic E-state index is 14.3. The molecule has 1 fully saturated rings. The Labute approximate surface area is 217 Å². The number of benzene rings is 3. The van der Waals surface area contributed by atoms with E-state index in [0.717, 1.165) is 30.4 Å². The van der Waals surface area contributed by atoms with Gasteiger partial charge in [0, 0.05) is 11.5 Å². The molecule has 4 rings (SSSR count). The van der Waals surface area contributed by atoms with Crippen molar-refractivity contribution in [3.63, 3.8) is 0 Å². The summed E-state index contributed by atoms with van der Waals surface area (Å²) in [5.41, 5.74) is 1.92. The van der Waals surface area contributed by atoms with Crippen LogP contribution in [0.1, 0.15) is 42.9 Å². The van der Waals surface area contributed by atoms with Crippen LogP contribution in [0.25, 0.3) is 0 Å². The van der Waals surface area contributed by atoms with Gasteiger partial charge in [0.1, 0.15) is 30.5 Å². The second kappa shape index (κ2) is 11.8. The topological polar surface area (TPSA) is 80.6 Å². The minimum atomic E-state index is -0.540. The van der Waals surface area contributed by atoms with Gasteiger partial charge in [0.05, 0.1) is 18.7 Å². The molecule has 7 heteroatoms. The number of nitriles is 1. The summed E-state index contributed by atoms with van der Waals surface area (Å²) in [6.07, 6.45) is 2.24. The number of carbonyl (C=O) groups is 1. The minimum absolute atomic E-state index is 0.0565. The number of alkyl carbamates (subject to hydrolysis) is 1. The number of hydrogen-bond donors (Lipinski definition) is 1. The summed E-state index contributed by atoms with van der Waals surface area (Å²) < 4.78 is 30.7. The first-order valence-electron chi connectivity index (χ1n) is 12.4. The van der Waals surface area contributed by atoms with E-state index >= 15 is 0 Å². The molecule has 0 spiro atoms. The summed E-state index contributed by atoms with van der Waals surface area (Å²) >= 11 is 0. The van der Waals surface area contributed by atoms with Crippen LogP contribution >= 0.6 is 0 Å². The Kier molecular flexibility index (Phi) is 8.29. The normalized spacial score (nSPS) is 18.3. The molecule has 0 aliphatic heterocycles. The van der Waals surface area contributed by atoms with Crippen molar-refractivity contribution in [1.29, 1.82) is 5.26 Å². The standard InChI is InChI=1S/C30H31FN2O4/c1-30(23-5-3-6-24(31)19-23,27-7-4-8-28(27)33-29(34)35-2)22-11-15-26(16-12-22)37-18-17-36-25-13-9-21(20-32)10-14-25/h3,5-6,9-16,19,27-28H,4,7-8,17-18H2,1-2H3,(H,33,34)/t27-,28-,30?/m0/s1. The number of methoxy groups -OCH3 is 1. The van der Waals surface area contributed by atoms with Crippen molar-refractivity contribution in [3.05, 3.63) is 95.3 Å². The number of halogens is 1. The first-order valence-corrected chi connectivity index (χ1v) is 12.4. The van der Waals surface area contributed by atoms with E-state index in [4.69, 9.17) is 19.5 Å². The maximum absolute atomic E-state index is 14.3. The van der Waals surface area contributed by atoms with Crippen molar-refractivity contribution < 1.29 is 23.4 Å². The highest BCUT2D eigenvalue weighted by Gasteiger charge is 2.45. The average Bonchev–Trinajstić information content (AvgIpc) is 3.39. The van der Waals surface area contributed by atoms with Crippen LogP contribution in [0.5, 0.6) is 11.5 Å². The third-order valence-corrected chi connectivity index (χ3v) is 7.23. The van der Waals surface area contributed by atoms with Crippen LogP contribution in [0.4, 0.5) is 9.18 Å². The fourth-order valence-corrected chi connectivity index (χ4v) is 5.28. The van der Waals surface area contributed by atoms with Gasteiger partial charge in [-0.1, -0.05) is 37.6 Å². The molecule has 3 atom stereocenters. The van der Waals surface area contributed by atoms with Gasteiger partial charge >= 0.3 is 6.09 Å². The summed E-state index contributed by atoms with van der Waals surface area (Å²) in [5, 5.41) is 11.9. The van der Waals surface area contributed by atoms with Gasteiger partial charge in [-0.05, 0) is 78.4 Å². The third kappa shape index (κ3) is 6.03. The Bertz CT molecular complexity index is 1240. The SMILES string of the molecule is COC(=O)N[C@H]1CCC[C@@H]1C(C)(c1ccc(OCCOc2ccc(C#N)cc2)cc1)c1cccc(F)c1. The molecule has 0 heterocycles. The van der Waals surface area contributed by atoms with Crippen molar-refractivity contribution in [1.82, 2.24) is 5.32 Å². The molecule has 1 amide bonds. The molecule has 0 bridgehead atoms. The van der Waals surface area contributed by atoms with Gasteiger partial charge in [-0.3, -0.25) is 0 Å². The number of carbonyl (C=O) groups excluding carboxylic acids is 1. The average molecular weight is 503 g/mol. The first-order chi connectivity index (χ1) is 17.9. The van der Waals surface area contributed by atoms with E-state index in [0.29, 0.717) is 30.3 Å². The number of nitrogens with one attached hydrogen (secondary N) is 1. The van der Waals surface area contributed by atoms with Crippen molar-refractivity contribution >= 4 is 6.09 Å². The van der Waals surface area contributed by atoms with E-state index in [1.165, 1.54) is 13.2 Å². The molecular formula is C30H31FN2O4. The van der Waals surface area contributed by atoms with Crippen LogP contribution in [0.2, 0.25) is 0 Å². The second-order valence-corrected chi connectivity index (χ2v) is 9.35.